The first-order valence-electron chi connectivity index (χ1n) is 26.1. The minimum atomic E-state index is -2.60. The molecule has 0 bridgehead atoms. The Labute approximate surface area is 482 Å². The van der Waals surface area contributed by atoms with Gasteiger partial charge in [-0.05, 0) is 52.5 Å². The average Bonchev–Trinajstić information content (AvgIpc) is 4.00. The Balaban J connectivity index is 2.33. The van der Waals surface area contributed by atoms with Crippen molar-refractivity contribution in [2.24, 2.45) is 13.0 Å². The van der Waals surface area contributed by atoms with Gasteiger partial charge in [0.25, 0.3) is 17.7 Å². The Hall–Kier alpha value is -7.31. The number of nitrogens with zero attached hydrogens (tertiary/aromatic N) is 3. The molecule has 0 aliphatic heterocycles. The van der Waals surface area contributed by atoms with Crippen molar-refractivity contribution in [3.8, 4) is 0 Å². The van der Waals surface area contributed by atoms with Crippen LogP contribution >= 0.6 is 0 Å². The summed E-state index contributed by atoms with van der Waals surface area (Å²) in [5.41, 5.74) is -4.03. The van der Waals surface area contributed by atoms with E-state index in [1.807, 2.05) is 10.6 Å². The molecule has 472 valence electrons. The predicted molar refractivity (Wildman–Crippen MR) is 288 cm³/mol. The Kier molecular flexibility index (Phi) is 28.3. The van der Waals surface area contributed by atoms with E-state index in [2.05, 4.69) is 36.9 Å². The first-order chi connectivity index (χ1) is 38.9. The highest BCUT2D eigenvalue weighted by Gasteiger charge is 2.43. The molecule has 33 heteroatoms. The number of aliphatic carboxylic acids is 1. The van der Waals surface area contributed by atoms with Crippen LogP contribution in [0.3, 0.4) is 0 Å². The number of nitrogens with one attached hydrogen (secondary N) is 8. The molecular formula is C51H81N11O22. The normalized spacial score (nSPS) is 16.8. The van der Waals surface area contributed by atoms with Crippen LogP contribution in [0.2, 0.25) is 0 Å². The monoisotopic (exact) mass is 1200 g/mol. The van der Waals surface area contributed by atoms with Gasteiger partial charge in [-0.25, -0.2) is 9.78 Å². The van der Waals surface area contributed by atoms with Crippen LogP contribution in [0.1, 0.15) is 72.2 Å². The maximum atomic E-state index is 14.0. The number of carboxylic acid groups (broad SMARTS) is 1. The van der Waals surface area contributed by atoms with Crippen molar-refractivity contribution < 1.29 is 109 Å². The number of imidazole rings is 1. The number of ether oxygens (including phenoxy) is 1. The molecule has 1 aromatic carbocycles. The van der Waals surface area contributed by atoms with Crippen molar-refractivity contribution in [3.05, 3.63) is 54.1 Å². The summed E-state index contributed by atoms with van der Waals surface area (Å²) < 4.78 is 6.56. The van der Waals surface area contributed by atoms with Crippen molar-refractivity contribution in [2.75, 3.05) is 33.9 Å². The number of aliphatic hydroxyl groups excluding tert-OH is 8. The van der Waals surface area contributed by atoms with E-state index >= 15 is 0 Å². The Morgan fingerprint density at radius 2 is 1.17 bits per heavy atom. The number of aliphatic hydroxyl groups is 10. The highest BCUT2D eigenvalue weighted by Crippen LogP contribution is 2.19. The van der Waals surface area contributed by atoms with Gasteiger partial charge >= 0.3 is 5.97 Å². The third-order valence-corrected chi connectivity index (χ3v) is 12.9. The smallest absolute Gasteiger partial charge is 0.328 e. The van der Waals surface area contributed by atoms with E-state index in [0.29, 0.717) is 10.5 Å². The van der Waals surface area contributed by atoms with Gasteiger partial charge < -0.3 is 113 Å². The largest absolute Gasteiger partial charge is 0.480 e. The summed E-state index contributed by atoms with van der Waals surface area (Å²) in [5, 5.41) is 132. The zero-order valence-corrected chi connectivity index (χ0v) is 48.0. The van der Waals surface area contributed by atoms with Gasteiger partial charge in [0.2, 0.25) is 41.7 Å². The SMILES string of the molecule is COC(CNC(=O)C(NC(=O)C(O)C(C)O)C(O)c1cncn1C)C(O)C(O)C(=O)N(C)C(Cc1ccccc1)C(=O)NC(O)C(=O)NC(C(=O)NC(CO)C(=O)NC(C(=O)NC(CC(C)C)C(=O)NC(CO)C(=O)O)C(C)(C)O)C(C)(C)O. The Morgan fingerprint density at radius 3 is 1.63 bits per heavy atom. The van der Waals surface area contributed by atoms with Gasteiger partial charge in [-0.2, -0.15) is 0 Å². The number of amides is 9. The van der Waals surface area contributed by atoms with Gasteiger partial charge in [0.15, 0.2) is 12.2 Å². The van der Waals surface area contributed by atoms with E-state index < -0.39 is 175 Å². The number of methoxy groups -OCH3 is 1. The van der Waals surface area contributed by atoms with E-state index in [9.17, 15) is 104 Å². The molecule has 9 amide bonds. The number of hydrogen-bond donors (Lipinski definition) is 19. The van der Waals surface area contributed by atoms with Crippen LogP contribution in [0.15, 0.2) is 42.9 Å². The van der Waals surface area contributed by atoms with Crippen molar-refractivity contribution in [2.45, 2.75) is 158 Å². The molecule has 1 heterocycles. The van der Waals surface area contributed by atoms with E-state index in [1.165, 1.54) is 36.3 Å². The van der Waals surface area contributed by atoms with Crippen LogP contribution in [-0.2, 0) is 66.2 Å². The van der Waals surface area contributed by atoms with E-state index in [1.54, 1.807) is 32.0 Å². The maximum absolute atomic E-state index is 14.0. The van der Waals surface area contributed by atoms with Crippen molar-refractivity contribution >= 4 is 59.1 Å². The highest BCUT2D eigenvalue weighted by molar-refractivity contribution is 5.98. The molecule has 0 aliphatic rings. The van der Waals surface area contributed by atoms with Crippen molar-refractivity contribution in [3.63, 3.8) is 0 Å². The summed E-state index contributed by atoms with van der Waals surface area (Å²) in [6.07, 6.45) is -12.4. The molecule has 1 aromatic heterocycles. The summed E-state index contributed by atoms with van der Waals surface area (Å²) in [6.45, 7) is 5.62. The second-order valence-corrected chi connectivity index (χ2v) is 21.3. The van der Waals surface area contributed by atoms with Crippen LogP contribution in [0.5, 0.6) is 0 Å². The lowest BCUT2D eigenvalue weighted by atomic mass is 9.95. The number of rotatable bonds is 34. The molecule has 0 spiro atoms. The van der Waals surface area contributed by atoms with Crippen molar-refractivity contribution in [1.29, 1.82) is 0 Å². The summed E-state index contributed by atoms with van der Waals surface area (Å²) in [5.74, 6) is -13.5. The molecule has 14 atom stereocenters. The van der Waals surface area contributed by atoms with Gasteiger partial charge in [0.1, 0.15) is 60.6 Å². The Morgan fingerprint density at radius 1 is 0.655 bits per heavy atom. The number of likely N-dealkylation sites (N-methyl/N-ethyl adjacent to an activating group) is 1. The second-order valence-electron chi connectivity index (χ2n) is 21.3. The summed E-state index contributed by atoms with van der Waals surface area (Å²) in [6, 6.07) is -5.13. The van der Waals surface area contributed by atoms with Gasteiger partial charge in [-0.15, -0.1) is 0 Å². The highest BCUT2D eigenvalue weighted by atomic mass is 16.5. The number of carbonyl (C=O) groups is 10. The summed E-state index contributed by atoms with van der Waals surface area (Å²) in [4.78, 5) is 138. The number of aromatic nitrogens is 2. The van der Waals surface area contributed by atoms with Crippen LogP contribution in [0.4, 0.5) is 0 Å². The van der Waals surface area contributed by atoms with Crippen LogP contribution in [0.25, 0.3) is 0 Å². The molecule has 84 heavy (non-hydrogen) atoms. The number of benzene rings is 1. The standard InChI is InChI=1S/C51H81N11O22/c1-23(2)16-26(39(70)56-28(21-64)49(80)81)54-44(75)37(50(4,5)82)58-40(71)27(20-63)55-45(76)38(51(6,7)83)59-46(77)47(78)60-41(72)29(17-25-14-12-11-13-15-25)62(9)48(79)36(69)35(68)31(84-10)19-53-42(73)32(57-43(74)33(66)24(3)65)34(67)30-18-52-22-61(30)8/h11-15,18,22-24,26-29,31-38,47,63-69,78,82-83H,16-17,19-21H2,1-10H3,(H,53,73)(H,54,75)(H,55,76)(H,56,70)(H,57,74)(H,58,71)(H,59,77)(H,60,72)(H,80,81). The average molecular weight is 1200 g/mol. The van der Waals surface area contributed by atoms with Gasteiger partial charge in [0, 0.05) is 34.2 Å². The molecule has 2 aromatic rings. The molecule has 14 unspecified atom stereocenters. The molecule has 0 fully saturated rings. The molecule has 0 saturated carbocycles. The van der Waals surface area contributed by atoms with Gasteiger partial charge in [-0.1, -0.05) is 44.2 Å². The molecular weight excluding hydrogens is 1120 g/mol. The topological polar surface area (TPSA) is 520 Å². The molecule has 2 rings (SSSR count). The summed E-state index contributed by atoms with van der Waals surface area (Å²) >= 11 is 0. The number of aryl methyl sites for hydroxylation is 1. The van der Waals surface area contributed by atoms with E-state index in [4.69, 9.17) is 4.74 Å². The van der Waals surface area contributed by atoms with Gasteiger partial charge in [0.05, 0.1) is 48.7 Å². The van der Waals surface area contributed by atoms with Crippen molar-refractivity contribution in [1.82, 2.24) is 57.0 Å². The third kappa shape index (κ3) is 21.4. The maximum Gasteiger partial charge on any atom is 0.328 e. The number of carbonyl (C=O) groups excluding carboxylic acids is 9. The zero-order valence-electron chi connectivity index (χ0n) is 48.0. The molecule has 0 saturated heterocycles. The zero-order chi connectivity index (χ0) is 64.3. The first kappa shape index (κ1) is 72.8. The lowest BCUT2D eigenvalue weighted by molar-refractivity contribution is -0.157. The fraction of sp³-hybridized carbons (Fsp3) is 0.627. The fourth-order valence-corrected chi connectivity index (χ4v) is 7.93. The molecule has 0 radical (unpaired) electrons. The van der Waals surface area contributed by atoms with Gasteiger partial charge in [-0.3, -0.25) is 43.2 Å². The van der Waals surface area contributed by atoms with E-state index in [0.717, 1.165) is 48.8 Å². The minimum Gasteiger partial charge on any atom is -0.480 e. The molecule has 19 N–H and O–H groups in total. The first-order valence-corrected chi connectivity index (χ1v) is 26.1. The van der Waals surface area contributed by atoms with Crippen LogP contribution in [0, 0.1) is 5.92 Å². The molecule has 33 nitrogen and oxygen atoms in total. The van der Waals surface area contributed by atoms with Crippen LogP contribution < -0.4 is 42.5 Å². The predicted octanol–water partition coefficient (Wildman–Crippen LogP) is -8.88. The fourth-order valence-electron chi connectivity index (χ4n) is 7.93. The Bertz CT molecular complexity index is 2560. The lowest BCUT2D eigenvalue weighted by Gasteiger charge is -2.34. The van der Waals surface area contributed by atoms with Crippen LogP contribution in [-0.4, -0.2) is 254 Å². The quantitative estimate of drug-likeness (QED) is 0.0289. The third-order valence-electron chi connectivity index (χ3n) is 12.9. The second kappa shape index (κ2) is 32.7. The molecule has 0 aliphatic carbocycles. The lowest BCUT2D eigenvalue weighted by Crippen LogP contribution is -2.66. The number of carboxylic acids is 1. The number of hydrogen-bond acceptors (Lipinski definition) is 22. The summed E-state index contributed by atoms with van der Waals surface area (Å²) in [7, 11) is 3.49. The van der Waals surface area contributed by atoms with E-state index in [-0.39, 0.29) is 24.5 Å². The minimum absolute atomic E-state index is 0.0149.